The molecule has 0 spiro atoms. The zero-order valence-corrected chi connectivity index (χ0v) is 18.4. The first-order valence-corrected chi connectivity index (χ1v) is 11.7. The standard InChI is InChI=1S/C24H27NO5S/c1-2-29-24(28)23-19(13-20(31-23)16-6-4-3-5-7-16)25-21(26)14-30-22(27)12-18-11-15-8-9-17(18)10-15/h3-7,13,15,17-18H,2,8-12,14H2,1H3,(H,25,26)/t15-,17-,18-/m0/s1. The fraction of sp³-hybridized carbons (Fsp3) is 0.458. The maximum atomic E-state index is 12.4. The van der Waals surface area contributed by atoms with Crippen LogP contribution in [0.2, 0.25) is 0 Å². The van der Waals surface area contributed by atoms with E-state index in [9.17, 15) is 14.4 Å². The van der Waals surface area contributed by atoms with Gasteiger partial charge >= 0.3 is 11.9 Å². The van der Waals surface area contributed by atoms with Crippen molar-refractivity contribution in [3.05, 3.63) is 41.3 Å². The molecule has 0 aliphatic heterocycles. The summed E-state index contributed by atoms with van der Waals surface area (Å²) in [6.07, 6.45) is 5.22. The number of thiophene rings is 1. The molecule has 2 aromatic rings. The predicted octanol–water partition coefficient (Wildman–Crippen LogP) is 4.90. The van der Waals surface area contributed by atoms with Gasteiger partial charge in [0.25, 0.3) is 5.91 Å². The van der Waals surface area contributed by atoms with Gasteiger partial charge in [-0.3, -0.25) is 9.59 Å². The summed E-state index contributed by atoms with van der Waals surface area (Å²) < 4.78 is 10.4. The van der Waals surface area contributed by atoms with Gasteiger partial charge in [0, 0.05) is 11.3 Å². The van der Waals surface area contributed by atoms with E-state index in [1.54, 1.807) is 13.0 Å². The topological polar surface area (TPSA) is 81.7 Å². The molecule has 3 atom stereocenters. The summed E-state index contributed by atoms with van der Waals surface area (Å²) in [6, 6.07) is 11.4. The van der Waals surface area contributed by atoms with E-state index in [2.05, 4.69) is 5.32 Å². The number of esters is 2. The van der Waals surface area contributed by atoms with Gasteiger partial charge in [-0.1, -0.05) is 36.8 Å². The third kappa shape index (κ3) is 5.15. The second-order valence-corrected chi connectivity index (χ2v) is 9.34. The Kier molecular flexibility index (Phi) is 6.70. The Morgan fingerprint density at radius 1 is 1.10 bits per heavy atom. The van der Waals surface area contributed by atoms with E-state index in [0.29, 0.717) is 28.8 Å². The summed E-state index contributed by atoms with van der Waals surface area (Å²) in [5.41, 5.74) is 1.31. The first-order valence-electron chi connectivity index (χ1n) is 10.8. The Balaban J connectivity index is 1.36. The van der Waals surface area contributed by atoms with Crippen LogP contribution >= 0.6 is 11.3 Å². The number of ether oxygens (including phenoxy) is 2. The number of anilines is 1. The second-order valence-electron chi connectivity index (χ2n) is 8.29. The Hall–Kier alpha value is -2.67. The lowest BCUT2D eigenvalue weighted by Crippen LogP contribution is -2.23. The number of fused-ring (bicyclic) bond motifs is 2. The van der Waals surface area contributed by atoms with Crippen LogP contribution in [0.4, 0.5) is 5.69 Å². The van der Waals surface area contributed by atoms with Gasteiger partial charge in [0.15, 0.2) is 6.61 Å². The van der Waals surface area contributed by atoms with Crippen molar-refractivity contribution in [2.24, 2.45) is 17.8 Å². The van der Waals surface area contributed by atoms with Crippen molar-refractivity contribution in [2.75, 3.05) is 18.5 Å². The number of hydrogen-bond acceptors (Lipinski definition) is 6. The van der Waals surface area contributed by atoms with E-state index in [4.69, 9.17) is 9.47 Å². The summed E-state index contributed by atoms with van der Waals surface area (Å²) in [4.78, 5) is 38.2. The smallest absolute Gasteiger partial charge is 0.350 e. The van der Waals surface area contributed by atoms with Crippen LogP contribution < -0.4 is 5.32 Å². The zero-order chi connectivity index (χ0) is 21.8. The van der Waals surface area contributed by atoms with Crippen molar-refractivity contribution in [3.63, 3.8) is 0 Å². The molecule has 1 N–H and O–H groups in total. The number of carbonyl (C=O) groups is 3. The second kappa shape index (κ2) is 9.64. The molecule has 0 saturated heterocycles. The molecule has 2 aliphatic rings. The predicted molar refractivity (Wildman–Crippen MR) is 119 cm³/mol. The number of nitrogens with one attached hydrogen (secondary N) is 1. The molecule has 2 fully saturated rings. The molecule has 164 valence electrons. The number of carbonyl (C=O) groups excluding carboxylic acids is 3. The molecule has 0 radical (unpaired) electrons. The molecule has 1 aromatic carbocycles. The van der Waals surface area contributed by atoms with Crippen LogP contribution in [0.25, 0.3) is 10.4 Å². The third-order valence-corrected chi connectivity index (χ3v) is 7.37. The van der Waals surface area contributed by atoms with Crippen LogP contribution in [0.15, 0.2) is 36.4 Å². The minimum Gasteiger partial charge on any atom is -0.462 e. The fourth-order valence-corrected chi connectivity index (χ4v) is 5.82. The van der Waals surface area contributed by atoms with Gasteiger partial charge in [-0.25, -0.2) is 4.79 Å². The molecular formula is C24H27NO5S. The molecule has 31 heavy (non-hydrogen) atoms. The SMILES string of the molecule is CCOC(=O)c1sc(-c2ccccc2)cc1NC(=O)COC(=O)C[C@@H]1C[C@H]2CC[C@H]1C2. The maximum absolute atomic E-state index is 12.4. The summed E-state index contributed by atoms with van der Waals surface area (Å²) >= 11 is 1.26. The Morgan fingerprint density at radius 3 is 2.58 bits per heavy atom. The van der Waals surface area contributed by atoms with Gasteiger partial charge in [0.05, 0.1) is 12.3 Å². The average Bonchev–Trinajstić information content (AvgIpc) is 3.49. The highest BCUT2D eigenvalue weighted by Gasteiger charge is 2.40. The Labute approximate surface area is 185 Å². The average molecular weight is 442 g/mol. The van der Waals surface area contributed by atoms with Gasteiger partial charge < -0.3 is 14.8 Å². The van der Waals surface area contributed by atoms with Gasteiger partial charge in [-0.05, 0) is 55.6 Å². The highest BCUT2D eigenvalue weighted by atomic mass is 32.1. The van der Waals surface area contributed by atoms with Crippen molar-refractivity contribution in [1.29, 1.82) is 0 Å². The van der Waals surface area contributed by atoms with Crippen molar-refractivity contribution in [3.8, 4) is 10.4 Å². The lowest BCUT2D eigenvalue weighted by atomic mass is 9.86. The van der Waals surface area contributed by atoms with Gasteiger partial charge in [0.1, 0.15) is 4.88 Å². The van der Waals surface area contributed by atoms with Crippen molar-refractivity contribution < 1.29 is 23.9 Å². The molecule has 2 saturated carbocycles. The van der Waals surface area contributed by atoms with Crippen molar-refractivity contribution >= 4 is 34.9 Å². The van der Waals surface area contributed by atoms with Crippen LogP contribution in [0.5, 0.6) is 0 Å². The number of amides is 1. The molecule has 2 aliphatic carbocycles. The van der Waals surface area contributed by atoms with E-state index in [1.807, 2.05) is 30.3 Å². The minimum atomic E-state index is -0.488. The monoisotopic (exact) mass is 441 g/mol. The van der Waals surface area contributed by atoms with Crippen molar-refractivity contribution in [1.82, 2.24) is 0 Å². The summed E-state index contributed by atoms with van der Waals surface area (Å²) in [5.74, 6) is 0.525. The minimum absolute atomic E-state index is 0.241. The highest BCUT2D eigenvalue weighted by Crippen LogP contribution is 2.49. The van der Waals surface area contributed by atoms with Crippen LogP contribution in [-0.4, -0.2) is 31.1 Å². The maximum Gasteiger partial charge on any atom is 0.350 e. The van der Waals surface area contributed by atoms with E-state index < -0.39 is 11.9 Å². The lowest BCUT2D eigenvalue weighted by molar-refractivity contribution is -0.148. The van der Waals surface area contributed by atoms with E-state index >= 15 is 0 Å². The molecule has 7 heteroatoms. The molecule has 0 unspecified atom stereocenters. The Bertz CT molecular complexity index is 954. The molecule has 1 amide bonds. The van der Waals surface area contributed by atoms with Crippen LogP contribution in [0, 0.1) is 17.8 Å². The largest absolute Gasteiger partial charge is 0.462 e. The van der Waals surface area contributed by atoms with Gasteiger partial charge in [-0.15, -0.1) is 11.3 Å². The van der Waals surface area contributed by atoms with Gasteiger partial charge in [0.2, 0.25) is 0 Å². The van der Waals surface area contributed by atoms with E-state index in [0.717, 1.165) is 22.8 Å². The van der Waals surface area contributed by atoms with Crippen LogP contribution in [0.1, 0.15) is 48.7 Å². The fourth-order valence-electron chi connectivity index (χ4n) is 4.81. The molecule has 4 rings (SSSR count). The highest BCUT2D eigenvalue weighted by molar-refractivity contribution is 7.18. The zero-order valence-electron chi connectivity index (χ0n) is 17.6. The first kappa shape index (κ1) is 21.6. The van der Waals surface area contributed by atoms with Crippen molar-refractivity contribution in [2.45, 2.75) is 39.0 Å². The van der Waals surface area contributed by atoms with E-state index in [-0.39, 0.29) is 19.2 Å². The quantitative estimate of drug-likeness (QED) is 0.589. The molecule has 1 aromatic heterocycles. The molecular weight excluding hydrogens is 414 g/mol. The number of benzene rings is 1. The molecule has 1 heterocycles. The Morgan fingerprint density at radius 2 is 1.90 bits per heavy atom. The van der Waals surface area contributed by atoms with Gasteiger partial charge in [-0.2, -0.15) is 0 Å². The molecule has 6 nitrogen and oxygen atoms in total. The number of rotatable bonds is 8. The summed E-state index contributed by atoms with van der Waals surface area (Å²) in [6.45, 7) is 1.61. The third-order valence-electron chi connectivity index (χ3n) is 6.20. The molecule has 2 bridgehead atoms. The lowest BCUT2D eigenvalue weighted by Gasteiger charge is -2.20. The number of hydrogen-bond donors (Lipinski definition) is 1. The van der Waals surface area contributed by atoms with Crippen LogP contribution in [0.3, 0.4) is 0 Å². The van der Waals surface area contributed by atoms with Crippen LogP contribution in [-0.2, 0) is 19.1 Å². The summed E-state index contributed by atoms with van der Waals surface area (Å²) in [7, 11) is 0. The first-order chi connectivity index (χ1) is 15.0. The normalized spacial score (nSPS) is 21.6. The van der Waals surface area contributed by atoms with E-state index in [1.165, 1.54) is 30.6 Å². The summed E-state index contributed by atoms with van der Waals surface area (Å²) in [5, 5.41) is 2.71.